The molecular formula is C17H22N2O5. The molecule has 2 unspecified atom stereocenters. The molecule has 24 heavy (non-hydrogen) atoms. The molecule has 2 amide bonds. The van der Waals surface area contributed by atoms with Crippen LogP contribution in [0.2, 0.25) is 0 Å². The molecule has 0 aromatic heterocycles. The van der Waals surface area contributed by atoms with Crippen LogP contribution >= 0.6 is 0 Å². The largest absolute Gasteiger partial charge is 0.492 e. The van der Waals surface area contributed by atoms with Crippen molar-refractivity contribution in [2.45, 2.75) is 20.3 Å². The fourth-order valence-corrected chi connectivity index (χ4v) is 2.56. The maximum Gasteiger partial charge on any atom is 0.308 e. The Balaban J connectivity index is 2.03. The minimum Gasteiger partial charge on any atom is -0.492 e. The summed E-state index contributed by atoms with van der Waals surface area (Å²) in [6.45, 7) is 4.18. The molecule has 0 saturated carbocycles. The van der Waals surface area contributed by atoms with Crippen molar-refractivity contribution in [2.24, 2.45) is 11.8 Å². The summed E-state index contributed by atoms with van der Waals surface area (Å²) >= 11 is 0. The van der Waals surface area contributed by atoms with Gasteiger partial charge in [-0.05, 0) is 19.1 Å². The second kappa shape index (κ2) is 7.81. The topological polar surface area (TPSA) is 95.9 Å². The number of carbonyl (C=O) groups is 3. The minimum absolute atomic E-state index is 0.0500. The van der Waals surface area contributed by atoms with Gasteiger partial charge in [0.1, 0.15) is 5.75 Å². The zero-order valence-electron chi connectivity index (χ0n) is 13.8. The summed E-state index contributed by atoms with van der Waals surface area (Å²) < 4.78 is 5.54. The molecule has 0 spiro atoms. The Hall–Kier alpha value is -2.57. The van der Waals surface area contributed by atoms with Crippen LogP contribution < -0.4 is 15.0 Å². The van der Waals surface area contributed by atoms with Crippen LogP contribution in [0, 0.1) is 11.8 Å². The van der Waals surface area contributed by atoms with Crippen LogP contribution in [0.5, 0.6) is 5.75 Å². The number of nitrogens with one attached hydrogen (secondary N) is 1. The molecular weight excluding hydrogens is 312 g/mol. The van der Waals surface area contributed by atoms with E-state index in [1.165, 1.54) is 6.92 Å². The normalized spacial score (nSPS) is 18.3. The van der Waals surface area contributed by atoms with E-state index in [0.717, 1.165) is 0 Å². The molecule has 0 bridgehead atoms. The smallest absolute Gasteiger partial charge is 0.308 e. The lowest BCUT2D eigenvalue weighted by atomic mass is 10.1. The molecule has 7 heteroatoms. The number of aliphatic carboxylic acids is 1. The van der Waals surface area contributed by atoms with Crippen molar-refractivity contribution < 1.29 is 24.2 Å². The Labute approximate surface area is 140 Å². The number of ether oxygens (including phenoxy) is 1. The van der Waals surface area contributed by atoms with Crippen molar-refractivity contribution in [1.82, 2.24) is 5.32 Å². The molecule has 1 aliphatic rings. The van der Waals surface area contributed by atoms with Gasteiger partial charge in [0.2, 0.25) is 11.8 Å². The fourth-order valence-electron chi connectivity index (χ4n) is 2.56. The highest BCUT2D eigenvalue weighted by atomic mass is 16.5. The van der Waals surface area contributed by atoms with Crippen molar-refractivity contribution in [1.29, 1.82) is 0 Å². The molecule has 0 radical (unpaired) electrons. The van der Waals surface area contributed by atoms with Crippen LogP contribution in [0.3, 0.4) is 0 Å². The van der Waals surface area contributed by atoms with Crippen molar-refractivity contribution in [3.8, 4) is 5.75 Å². The maximum absolute atomic E-state index is 12.3. The van der Waals surface area contributed by atoms with E-state index in [0.29, 0.717) is 18.0 Å². The lowest BCUT2D eigenvalue weighted by molar-refractivity contribution is -0.141. The fraction of sp³-hybridized carbons (Fsp3) is 0.471. The van der Waals surface area contributed by atoms with Crippen LogP contribution in [0.15, 0.2) is 24.3 Å². The number of nitrogens with zero attached hydrogens (tertiary/aromatic N) is 1. The number of carbonyl (C=O) groups excluding carboxylic acids is 2. The monoisotopic (exact) mass is 334 g/mol. The molecule has 2 rings (SSSR count). The van der Waals surface area contributed by atoms with E-state index in [4.69, 9.17) is 9.84 Å². The third-order valence-corrected chi connectivity index (χ3v) is 3.96. The first-order valence-electron chi connectivity index (χ1n) is 7.96. The third-order valence-electron chi connectivity index (χ3n) is 3.96. The van der Waals surface area contributed by atoms with Gasteiger partial charge in [-0.1, -0.05) is 19.1 Å². The summed E-state index contributed by atoms with van der Waals surface area (Å²) in [7, 11) is 0. The average molecular weight is 334 g/mol. The SMILES string of the molecule is CCOc1ccccc1N1CC(C(=O)NCC(C)C(=O)O)CC1=O. The van der Waals surface area contributed by atoms with E-state index < -0.39 is 17.8 Å². The van der Waals surface area contributed by atoms with Gasteiger partial charge in [0.25, 0.3) is 0 Å². The van der Waals surface area contributed by atoms with Gasteiger partial charge in [-0.2, -0.15) is 0 Å². The average Bonchev–Trinajstić information content (AvgIpc) is 2.94. The summed E-state index contributed by atoms with van der Waals surface area (Å²) in [6.07, 6.45) is 0.105. The molecule has 1 aromatic rings. The highest BCUT2D eigenvalue weighted by Crippen LogP contribution is 2.33. The number of rotatable bonds is 7. The molecule has 1 fully saturated rings. The molecule has 2 atom stereocenters. The van der Waals surface area contributed by atoms with Crippen LogP contribution in [0.1, 0.15) is 20.3 Å². The third kappa shape index (κ3) is 4.04. The van der Waals surface area contributed by atoms with Gasteiger partial charge >= 0.3 is 5.97 Å². The summed E-state index contributed by atoms with van der Waals surface area (Å²) in [5, 5.41) is 11.5. The highest BCUT2D eigenvalue weighted by molar-refractivity contribution is 6.01. The molecule has 130 valence electrons. The number of benzene rings is 1. The molecule has 0 aliphatic carbocycles. The summed E-state index contributed by atoms with van der Waals surface area (Å²) in [5.41, 5.74) is 0.651. The Bertz CT molecular complexity index is 631. The van der Waals surface area contributed by atoms with Crippen molar-refractivity contribution >= 4 is 23.5 Å². The molecule has 1 aromatic carbocycles. The summed E-state index contributed by atoms with van der Waals surface area (Å²) in [4.78, 5) is 36.8. The molecule has 1 aliphatic heterocycles. The number of hydrogen-bond donors (Lipinski definition) is 2. The quantitative estimate of drug-likeness (QED) is 0.783. The van der Waals surface area contributed by atoms with Gasteiger partial charge in [0.05, 0.1) is 24.1 Å². The second-order valence-electron chi connectivity index (χ2n) is 5.79. The number of anilines is 1. The lowest BCUT2D eigenvalue weighted by Crippen LogP contribution is -2.37. The van der Waals surface area contributed by atoms with Gasteiger partial charge in [0, 0.05) is 19.5 Å². The van der Waals surface area contributed by atoms with Gasteiger partial charge in [-0.15, -0.1) is 0 Å². The van der Waals surface area contributed by atoms with Crippen LogP contribution in [0.4, 0.5) is 5.69 Å². The number of amides is 2. The first-order valence-corrected chi connectivity index (χ1v) is 7.96. The maximum atomic E-state index is 12.3. The van der Waals surface area contributed by atoms with Gasteiger partial charge in [-0.3, -0.25) is 14.4 Å². The Morgan fingerprint density at radius 3 is 2.79 bits per heavy atom. The molecule has 2 N–H and O–H groups in total. The van der Waals surface area contributed by atoms with Crippen molar-refractivity contribution in [3.05, 3.63) is 24.3 Å². The Morgan fingerprint density at radius 1 is 1.42 bits per heavy atom. The van der Waals surface area contributed by atoms with Crippen LogP contribution in [0.25, 0.3) is 0 Å². The van der Waals surface area contributed by atoms with Crippen molar-refractivity contribution in [2.75, 3.05) is 24.6 Å². The second-order valence-corrected chi connectivity index (χ2v) is 5.79. The van der Waals surface area contributed by atoms with E-state index >= 15 is 0 Å². The van der Waals surface area contributed by atoms with E-state index in [1.807, 2.05) is 19.1 Å². The molecule has 1 saturated heterocycles. The lowest BCUT2D eigenvalue weighted by Gasteiger charge is -2.20. The van der Waals surface area contributed by atoms with Crippen LogP contribution in [-0.2, 0) is 14.4 Å². The summed E-state index contributed by atoms with van der Waals surface area (Å²) in [6, 6.07) is 7.21. The van der Waals surface area contributed by atoms with Gasteiger partial charge in [-0.25, -0.2) is 0 Å². The van der Waals surface area contributed by atoms with E-state index in [1.54, 1.807) is 17.0 Å². The number of para-hydroxylation sites is 2. The number of carboxylic acids is 1. The van der Waals surface area contributed by atoms with Gasteiger partial charge in [0.15, 0.2) is 0 Å². The Morgan fingerprint density at radius 2 is 2.12 bits per heavy atom. The van der Waals surface area contributed by atoms with Gasteiger partial charge < -0.3 is 20.1 Å². The number of carboxylic acid groups (broad SMARTS) is 1. The predicted molar refractivity (Wildman–Crippen MR) is 87.9 cm³/mol. The minimum atomic E-state index is -0.968. The first-order chi connectivity index (χ1) is 11.4. The van der Waals surface area contributed by atoms with Crippen molar-refractivity contribution in [3.63, 3.8) is 0 Å². The molecule has 1 heterocycles. The summed E-state index contributed by atoms with van der Waals surface area (Å²) in [5.74, 6) is -1.96. The first kappa shape index (κ1) is 17.8. The van der Waals surface area contributed by atoms with E-state index in [9.17, 15) is 14.4 Å². The van der Waals surface area contributed by atoms with Crippen LogP contribution in [-0.4, -0.2) is 42.6 Å². The Kier molecular flexibility index (Phi) is 5.78. The highest BCUT2D eigenvalue weighted by Gasteiger charge is 2.36. The van der Waals surface area contributed by atoms with E-state index in [2.05, 4.69) is 5.32 Å². The predicted octanol–water partition coefficient (Wildman–Crippen LogP) is 1.28. The molecule has 7 nitrogen and oxygen atoms in total. The standard InChI is InChI=1S/C17H22N2O5/c1-3-24-14-7-5-4-6-13(14)19-10-12(8-15(19)20)16(21)18-9-11(2)17(22)23/h4-7,11-12H,3,8-10H2,1-2H3,(H,18,21)(H,22,23). The number of hydrogen-bond acceptors (Lipinski definition) is 4. The van der Waals surface area contributed by atoms with E-state index in [-0.39, 0.29) is 31.3 Å². The zero-order valence-corrected chi connectivity index (χ0v) is 13.8. The zero-order chi connectivity index (χ0) is 17.7.